The predicted molar refractivity (Wildman–Crippen MR) is 131 cm³/mol. The van der Waals surface area contributed by atoms with Crippen molar-refractivity contribution in [1.82, 2.24) is 20.6 Å². The quantitative estimate of drug-likeness (QED) is 0.417. The number of hydrogen-bond acceptors (Lipinski definition) is 5. The van der Waals surface area contributed by atoms with Gasteiger partial charge in [-0.25, -0.2) is 4.68 Å². The Morgan fingerprint density at radius 3 is 2.24 bits per heavy atom. The van der Waals surface area contributed by atoms with Crippen molar-refractivity contribution in [3.05, 3.63) is 112 Å². The number of benzene rings is 3. The number of rotatable bonds is 6. The van der Waals surface area contributed by atoms with E-state index in [1.54, 1.807) is 54.8 Å². The van der Waals surface area contributed by atoms with Crippen molar-refractivity contribution in [2.45, 2.75) is 12.3 Å². The van der Waals surface area contributed by atoms with E-state index in [1.807, 2.05) is 30.3 Å². The van der Waals surface area contributed by atoms with Crippen LogP contribution in [0.15, 0.2) is 83.7 Å². The molecule has 34 heavy (non-hydrogen) atoms. The smallest absolute Gasteiger partial charge is 0.267 e. The van der Waals surface area contributed by atoms with E-state index in [-0.39, 0.29) is 17.8 Å². The number of nitrogens with one attached hydrogen (secondary N) is 2. The molecule has 4 rings (SSSR count). The first kappa shape index (κ1) is 23.1. The number of carbonyl (C=O) groups excluding carboxylic acids is 2. The summed E-state index contributed by atoms with van der Waals surface area (Å²) < 4.78 is 12.7. The first-order valence-corrected chi connectivity index (χ1v) is 12.2. The van der Waals surface area contributed by atoms with Crippen LogP contribution in [0.5, 0.6) is 0 Å². The molecule has 1 atom stereocenters. The Hall–Kier alpha value is -4.11. The van der Waals surface area contributed by atoms with Gasteiger partial charge < -0.3 is 0 Å². The highest BCUT2D eigenvalue weighted by Gasteiger charge is 2.18. The second kappa shape index (κ2) is 10.2. The van der Waals surface area contributed by atoms with Crippen LogP contribution in [0.25, 0.3) is 10.8 Å². The third kappa shape index (κ3) is 5.26. The van der Waals surface area contributed by atoms with Gasteiger partial charge in [-0.1, -0.05) is 60.7 Å². The topological polar surface area (TPSA) is 110 Å². The molecule has 0 spiro atoms. The molecule has 0 saturated carbocycles. The average molecular weight is 475 g/mol. The third-order valence-electron chi connectivity index (χ3n) is 5.11. The van der Waals surface area contributed by atoms with Crippen LogP contribution in [0.3, 0.4) is 0 Å². The van der Waals surface area contributed by atoms with Crippen LogP contribution in [0, 0.1) is 0 Å². The van der Waals surface area contributed by atoms with Crippen molar-refractivity contribution in [3.8, 4) is 0 Å². The summed E-state index contributed by atoms with van der Waals surface area (Å²) in [6.07, 6.45) is 1.58. The van der Waals surface area contributed by atoms with Crippen LogP contribution in [0.2, 0.25) is 0 Å². The summed E-state index contributed by atoms with van der Waals surface area (Å²) in [6, 6.07) is 22.7. The summed E-state index contributed by atoms with van der Waals surface area (Å²) in [5.74, 6) is -0.858. The van der Waals surface area contributed by atoms with Gasteiger partial charge in [0.25, 0.3) is 17.4 Å². The molecule has 1 heterocycles. The van der Waals surface area contributed by atoms with E-state index in [9.17, 15) is 18.6 Å². The molecule has 2 N–H and O–H groups in total. The lowest BCUT2D eigenvalue weighted by atomic mass is 10.1. The second-order valence-electron chi connectivity index (χ2n) is 7.67. The van der Waals surface area contributed by atoms with Crippen LogP contribution in [-0.2, 0) is 23.1 Å². The minimum absolute atomic E-state index is 0.0153. The zero-order valence-corrected chi connectivity index (χ0v) is 19.2. The van der Waals surface area contributed by atoms with Gasteiger partial charge >= 0.3 is 0 Å². The minimum atomic E-state index is -1.04. The molecule has 0 fully saturated rings. The van der Waals surface area contributed by atoms with Gasteiger partial charge in [0.15, 0.2) is 5.69 Å². The fourth-order valence-electron chi connectivity index (χ4n) is 3.55. The van der Waals surface area contributed by atoms with E-state index in [2.05, 4.69) is 16.0 Å². The van der Waals surface area contributed by atoms with Gasteiger partial charge in [-0.05, 0) is 29.3 Å². The monoisotopic (exact) mass is 474 g/mol. The maximum atomic E-state index is 13.0. The molecule has 9 heteroatoms. The second-order valence-corrected chi connectivity index (χ2v) is 9.10. The summed E-state index contributed by atoms with van der Waals surface area (Å²) in [5, 5.41) is 5.04. The highest BCUT2D eigenvalue weighted by atomic mass is 32.2. The lowest BCUT2D eigenvalue weighted by Gasteiger charge is -2.12. The van der Waals surface area contributed by atoms with E-state index in [0.29, 0.717) is 22.1 Å². The SMILES string of the molecule is CS(=O)Cc1cccc(C(=O)NNC(=O)c2nn(Cc3ccccc3)c(=O)c3ccccc23)c1. The lowest BCUT2D eigenvalue weighted by molar-refractivity contribution is 0.0843. The van der Waals surface area contributed by atoms with Gasteiger partial charge in [-0.3, -0.25) is 29.4 Å². The predicted octanol–water partition coefficient (Wildman–Crippen LogP) is 2.40. The lowest BCUT2D eigenvalue weighted by Crippen LogP contribution is -2.42. The summed E-state index contributed by atoms with van der Waals surface area (Å²) in [5.41, 5.74) is 6.40. The maximum absolute atomic E-state index is 13.0. The first-order chi connectivity index (χ1) is 16.4. The van der Waals surface area contributed by atoms with Gasteiger partial charge in [0, 0.05) is 33.8 Å². The Kier molecular flexibility index (Phi) is 6.93. The molecule has 1 unspecified atom stereocenters. The molecule has 3 aromatic carbocycles. The molecule has 2 amide bonds. The molecule has 0 aliphatic rings. The Balaban J connectivity index is 1.58. The van der Waals surface area contributed by atoms with Crippen LogP contribution >= 0.6 is 0 Å². The van der Waals surface area contributed by atoms with E-state index in [0.717, 1.165) is 11.1 Å². The number of carbonyl (C=O) groups is 2. The molecule has 0 saturated heterocycles. The zero-order chi connectivity index (χ0) is 24.1. The molecule has 4 aromatic rings. The van der Waals surface area contributed by atoms with Crippen LogP contribution in [0.4, 0.5) is 0 Å². The van der Waals surface area contributed by atoms with E-state index < -0.39 is 22.6 Å². The highest BCUT2D eigenvalue weighted by Crippen LogP contribution is 2.14. The first-order valence-electron chi connectivity index (χ1n) is 10.5. The number of hydrazine groups is 1. The average Bonchev–Trinajstić information content (AvgIpc) is 2.84. The normalized spacial score (nSPS) is 11.7. The summed E-state index contributed by atoms with van der Waals surface area (Å²) >= 11 is 0. The Morgan fingerprint density at radius 2 is 1.50 bits per heavy atom. The van der Waals surface area contributed by atoms with Crippen molar-refractivity contribution in [3.63, 3.8) is 0 Å². The fourth-order valence-corrected chi connectivity index (χ4v) is 4.20. The van der Waals surface area contributed by atoms with Crippen molar-refractivity contribution in [2.24, 2.45) is 0 Å². The molecule has 0 radical (unpaired) electrons. The van der Waals surface area contributed by atoms with Crippen molar-refractivity contribution < 1.29 is 13.8 Å². The van der Waals surface area contributed by atoms with Gasteiger partial charge in [0.2, 0.25) is 0 Å². The summed E-state index contributed by atoms with van der Waals surface area (Å²) in [4.78, 5) is 38.5. The molecule has 0 aliphatic carbocycles. The number of fused-ring (bicyclic) bond motifs is 1. The Morgan fingerprint density at radius 1 is 0.853 bits per heavy atom. The Labute approximate surface area is 198 Å². The number of aromatic nitrogens is 2. The Bertz CT molecular complexity index is 1450. The molecule has 0 bridgehead atoms. The van der Waals surface area contributed by atoms with Gasteiger partial charge in [-0.2, -0.15) is 5.10 Å². The van der Waals surface area contributed by atoms with Crippen molar-refractivity contribution in [2.75, 3.05) is 6.26 Å². The van der Waals surface area contributed by atoms with Crippen LogP contribution < -0.4 is 16.4 Å². The van der Waals surface area contributed by atoms with E-state index in [4.69, 9.17) is 0 Å². The zero-order valence-electron chi connectivity index (χ0n) is 18.4. The molecule has 1 aromatic heterocycles. The molecular formula is C25H22N4O4S. The number of hydrogen-bond donors (Lipinski definition) is 2. The van der Waals surface area contributed by atoms with Crippen molar-refractivity contribution >= 4 is 33.4 Å². The molecule has 172 valence electrons. The van der Waals surface area contributed by atoms with Gasteiger partial charge in [-0.15, -0.1) is 0 Å². The summed E-state index contributed by atoms with van der Waals surface area (Å²) in [7, 11) is -1.04. The van der Waals surface area contributed by atoms with Crippen molar-refractivity contribution in [1.29, 1.82) is 0 Å². The van der Waals surface area contributed by atoms with Crippen LogP contribution in [0.1, 0.15) is 32.0 Å². The minimum Gasteiger partial charge on any atom is -0.267 e. The van der Waals surface area contributed by atoms with E-state index >= 15 is 0 Å². The fraction of sp³-hybridized carbons (Fsp3) is 0.120. The third-order valence-corrected chi connectivity index (χ3v) is 5.85. The standard InChI is InChI=1S/C25H22N4O4S/c1-34(33)16-18-10-7-11-19(14-18)23(30)26-27-24(31)22-20-12-5-6-13-21(20)25(32)29(28-22)15-17-8-3-2-4-9-17/h2-14H,15-16H2,1H3,(H,26,30)(H,27,31). The molecular weight excluding hydrogens is 452 g/mol. The molecule has 0 aliphatic heterocycles. The molecule has 8 nitrogen and oxygen atoms in total. The number of nitrogens with zero attached hydrogens (tertiary/aromatic N) is 2. The highest BCUT2D eigenvalue weighted by molar-refractivity contribution is 7.83. The van der Waals surface area contributed by atoms with Gasteiger partial charge in [0.05, 0.1) is 11.9 Å². The summed E-state index contributed by atoms with van der Waals surface area (Å²) in [6.45, 7) is 0.197. The van der Waals surface area contributed by atoms with E-state index in [1.165, 1.54) is 4.68 Å². The number of amides is 2. The maximum Gasteiger partial charge on any atom is 0.290 e. The van der Waals surface area contributed by atoms with Crippen LogP contribution in [-0.4, -0.2) is 32.1 Å². The largest absolute Gasteiger partial charge is 0.290 e. The van der Waals surface area contributed by atoms with Gasteiger partial charge in [0.1, 0.15) is 0 Å².